The molecule has 2 aliphatic rings. The fourth-order valence-electron chi connectivity index (χ4n) is 4.18. The Bertz CT molecular complexity index is 814. The zero-order valence-corrected chi connectivity index (χ0v) is 16.2. The average Bonchev–Trinajstić information content (AvgIpc) is 3.25. The molecule has 0 N–H and O–H groups in total. The molecule has 27 heavy (non-hydrogen) atoms. The highest BCUT2D eigenvalue weighted by molar-refractivity contribution is 5.79. The molecule has 2 aliphatic heterocycles. The van der Waals surface area contributed by atoms with Gasteiger partial charge in [0.2, 0.25) is 5.91 Å². The maximum atomic E-state index is 12.9. The highest BCUT2D eigenvalue weighted by atomic mass is 16.5. The summed E-state index contributed by atoms with van der Waals surface area (Å²) in [6.07, 6.45) is 4.83. The van der Waals surface area contributed by atoms with Crippen LogP contribution >= 0.6 is 0 Å². The number of carbonyl (C=O) groups is 1. The quantitative estimate of drug-likeness (QED) is 0.814. The zero-order valence-electron chi connectivity index (χ0n) is 16.2. The third kappa shape index (κ3) is 3.99. The molecule has 0 radical (unpaired) electrons. The summed E-state index contributed by atoms with van der Waals surface area (Å²) in [6, 6.07) is 7.87. The molecule has 4 rings (SSSR count). The topological polar surface area (TPSA) is 60.2 Å². The van der Waals surface area contributed by atoms with Gasteiger partial charge in [0.25, 0.3) is 0 Å². The molecular weight excluding hydrogens is 340 g/mol. The molecule has 3 heterocycles. The van der Waals surface area contributed by atoms with Crippen molar-refractivity contribution >= 4 is 5.91 Å². The van der Waals surface area contributed by atoms with Gasteiger partial charge in [-0.2, -0.15) is 0 Å². The fraction of sp³-hybridized carbons (Fsp3) is 0.571. The van der Waals surface area contributed by atoms with Crippen LogP contribution in [0.1, 0.15) is 56.2 Å². The van der Waals surface area contributed by atoms with Gasteiger partial charge in [-0.15, -0.1) is 10.2 Å². The van der Waals surface area contributed by atoms with E-state index in [1.807, 2.05) is 43.0 Å². The number of nitrogens with zero attached hydrogens (tertiary/aromatic N) is 4. The van der Waals surface area contributed by atoms with Gasteiger partial charge in [-0.3, -0.25) is 4.79 Å². The summed E-state index contributed by atoms with van der Waals surface area (Å²) in [5.74, 6) is 3.49. The van der Waals surface area contributed by atoms with Crippen LogP contribution in [0.4, 0.5) is 0 Å². The van der Waals surface area contributed by atoms with Gasteiger partial charge in [0, 0.05) is 32.0 Å². The first-order valence-electron chi connectivity index (χ1n) is 10.1. The number of piperidine rings is 1. The molecule has 6 nitrogen and oxygen atoms in total. The number of hydrogen-bond donors (Lipinski definition) is 0. The molecular formula is C21H28N4O2. The summed E-state index contributed by atoms with van der Waals surface area (Å²) in [7, 11) is 0. The van der Waals surface area contributed by atoms with Crippen molar-refractivity contribution in [2.45, 2.75) is 64.5 Å². The van der Waals surface area contributed by atoms with Crippen LogP contribution in [0.2, 0.25) is 0 Å². The Hall–Kier alpha value is -2.37. The summed E-state index contributed by atoms with van der Waals surface area (Å²) < 4.78 is 8.02. The van der Waals surface area contributed by atoms with E-state index < -0.39 is 0 Å². The van der Waals surface area contributed by atoms with Gasteiger partial charge in [0.1, 0.15) is 17.4 Å². The predicted octanol–water partition coefficient (Wildman–Crippen LogP) is 2.96. The smallest absolute Gasteiger partial charge is 0.227 e. The van der Waals surface area contributed by atoms with Crippen molar-refractivity contribution in [3.63, 3.8) is 0 Å². The summed E-state index contributed by atoms with van der Waals surface area (Å²) in [6.45, 7) is 6.61. The molecule has 1 aromatic carbocycles. The van der Waals surface area contributed by atoms with Gasteiger partial charge >= 0.3 is 0 Å². The summed E-state index contributed by atoms with van der Waals surface area (Å²) in [5, 5.41) is 8.78. The average molecular weight is 368 g/mol. The molecule has 6 heteroatoms. The second kappa shape index (κ2) is 7.71. The second-order valence-corrected chi connectivity index (χ2v) is 7.90. The molecule has 1 saturated heterocycles. The lowest BCUT2D eigenvalue weighted by atomic mass is 9.96. The minimum Gasteiger partial charge on any atom is -0.491 e. The Morgan fingerprint density at radius 3 is 3.00 bits per heavy atom. The van der Waals surface area contributed by atoms with Crippen LogP contribution in [0.5, 0.6) is 5.75 Å². The zero-order chi connectivity index (χ0) is 18.8. The number of likely N-dealkylation sites (tertiary alicyclic amines) is 1. The van der Waals surface area contributed by atoms with Gasteiger partial charge in [0.05, 0.1) is 12.5 Å². The Morgan fingerprint density at radius 1 is 1.26 bits per heavy atom. The monoisotopic (exact) mass is 368 g/mol. The van der Waals surface area contributed by atoms with Gasteiger partial charge in [-0.1, -0.05) is 12.1 Å². The molecule has 2 aromatic rings. The number of carbonyl (C=O) groups excluding carboxylic acids is 1. The van der Waals surface area contributed by atoms with Crippen LogP contribution < -0.4 is 4.74 Å². The molecule has 0 aliphatic carbocycles. The molecule has 0 spiro atoms. The van der Waals surface area contributed by atoms with E-state index in [9.17, 15) is 4.79 Å². The first kappa shape index (κ1) is 18.0. The van der Waals surface area contributed by atoms with E-state index in [1.165, 1.54) is 0 Å². The number of benzene rings is 1. The van der Waals surface area contributed by atoms with Crippen molar-refractivity contribution < 1.29 is 9.53 Å². The summed E-state index contributed by atoms with van der Waals surface area (Å²) in [4.78, 5) is 14.9. The van der Waals surface area contributed by atoms with E-state index in [2.05, 4.69) is 14.8 Å². The maximum absolute atomic E-state index is 12.9. The van der Waals surface area contributed by atoms with E-state index in [0.717, 1.165) is 68.3 Å². The third-order valence-electron chi connectivity index (χ3n) is 5.40. The molecule has 1 atom stereocenters. The second-order valence-electron chi connectivity index (χ2n) is 7.90. The summed E-state index contributed by atoms with van der Waals surface area (Å²) in [5.41, 5.74) is 1.00. The van der Waals surface area contributed by atoms with Crippen molar-refractivity contribution in [3.05, 3.63) is 41.5 Å². The highest BCUT2D eigenvalue weighted by Gasteiger charge is 2.30. The lowest BCUT2D eigenvalue weighted by molar-refractivity contribution is -0.131. The van der Waals surface area contributed by atoms with Crippen LogP contribution in [0, 0.1) is 0 Å². The van der Waals surface area contributed by atoms with Gasteiger partial charge in [-0.05, 0) is 50.8 Å². The molecule has 1 aromatic heterocycles. The maximum Gasteiger partial charge on any atom is 0.227 e. The Kier molecular flexibility index (Phi) is 5.14. The van der Waals surface area contributed by atoms with Crippen molar-refractivity contribution in [1.82, 2.24) is 19.7 Å². The van der Waals surface area contributed by atoms with Crippen molar-refractivity contribution in [1.29, 1.82) is 0 Å². The van der Waals surface area contributed by atoms with Crippen LogP contribution in [-0.4, -0.2) is 44.8 Å². The Balaban J connectivity index is 1.41. The van der Waals surface area contributed by atoms with Gasteiger partial charge in [-0.25, -0.2) is 0 Å². The lowest BCUT2D eigenvalue weighted by Gasteiger charge is -2.32. The minimum atomic E-state index is 0.128. The Labute approximate surface area is 160 Å². The van der Waals surface area contributed by atoms with Crippen LogP contribution in [-0.2, 0) is 24.2 Å². The molecule has 1 amide bonds. The van der Waals surface area contributed by atoms with E-state index in [1.54, 1.807) is 0 Å². The SMILES string of the molecule is CC(C)Oc1cccc(CC(=O)N2CCCC(c3nnc4n3CCC4)C2)c1. The van der Waals surface area contributed by atoms with Crippen LogP contribution in [0.15, 0.2) is 24.3 Å². The standard InChI is InChI=1S/C21H28N4O2/c1-15(2)27-18-8-3-6-16(12-18)13-20(26)24-10-4-7-17(14-24)21-23-22-19-9-5-11-25(19)21/h3,6,8,12,15,17H,4-5,7,9-11,13-14H2,1-2H3. The normalized spacial score (nSPS) is 19.4. The largest absolute Gasteiger partial charge is 0.491 e. The van der Waals surface area contributed by atoms with E-state index in [4.69, 9.17) is 4.74 Å². The number of ether oxygens (including phenoxy) is 1. The molecule has 0 saturated carbocycles. The van der Waals surface area contributed by atoms with Gasteiger partial charge in [0.15, 0.2) is 0 Å². The molecule has 1 unspecified atom stereocenters. The first-order valence-corrected chi connectivity index (χ1v) is 10.1. The predicted molar refractivity (Wildman–Crippen MR) is 103 cm³/mol. The molecule has 1 fully saturated rings. The first-order chi connectivity index (χ1) is 13.1. The van der Waals surface area contributed by atoms with Crippen LogP contribution in [0.25, 0.3) is 0 Å². The number of aromatic nitrogens is 3. The number of amides is 1. The minimum absolute atomic E-state index is 0.128. The number of hydrogen-bond acceptors (Lipinski definition) is 4. The Morgan fingerprint density at radius 2 is 2.15 bits per heavy atom. The van der Waals surface area contributed by atoms with E-state index >= 15 is 0 Å². The van der Waals surface area contributed by atoms with Crippen molar-refractivity contribution in [2.75, 3.05) is 13.1 Å². The number of rotatable bonds is 5. The lowest BCUT2D eigenvalue weighted by Crippen LogP contribution is -2.40. The van der Waals surface area contributed by atoms with E-state index in [-0.39, 0.29) is 12.0 Å². The van der Waals surface area contributed by atoms with E-state index in [0.29, 0.717) is 12.3 Å². The summed E-state index contributed by atoms with van der Waals surface area (Å²) >= 11 is 0. The third-order valence-corrected chi connectivity index (χ3v) is 5.40. The molecule has 0 bridgehead atoms. The van der Waals surface area contributed by atoms with Crippen LogP contribution in [0.3, 0.4) is 0 Å². The number of aryl methyl sites for hydroxylation is 1. The fourth-order valence-corrected chi connectivity index (χ4v) is 4.18. The number of fused-ring (bicyclic) bond motifs is 1. The van der Waals surface area contributed by atoms with Crippen molar-refractivity contribution in [2.24, 2.45) is 0 Å². The van der Waals surface area contributed by atoms with Gasteiger partial charge < -0.3 is 14.2 Å². The van der Waals surface area contributed by atoms with Crippen molar-refractivity contribution in [3.8, 4) is 5.75 Å². The highest BCUT2D eigenvalue weighted by Crippen LogP contribution is 2.29. The molecule has 144 valence electrons.